The molecular weight excluding hydrogens is 346 g/mol. The Morgan fingerprint density at radius 3 is 2.11 bits per heavy atom. The van der Waals surface area contributed by atoms with Crippen LogP contribution in [-0.2, 0) is 6.42 Å². The fraction of sp³-hybridized carbons (Fsp3) is 0.200. The Bertz CT molecular complexity index is 1030. The van der Waals surface area contributed by atoms with Gasteiger partial charge in [0.15, 0.2) is 11.6 Å². The Balaban J connectivity index is 1.62. The van der Waals surface area contributed by atoms with E-state index in [9.17, 15) is 9.59 Å². The van der Waals surface area contributed by atoms with Gasteiger partial charge in [0.1, 0.15) is 0 Å². The van der Waals surface area contributed by atoms with Crippen molar-refractivity contribution >= 4 is 22.9 Å². The molecular formula is C25H23NO2. The van der Waals surface area contributed by atoms with Crippen LogP contribution in [-0.4, -0.2) is 11.6 Å². The van der Waals surface area contributed by atoms with Crippen molar-refractivity contribution in [3.05, 3.63) is 94.5 Å². The van der Waals surface area contributed by atoms with Crippen molar-refractivity contribution in [3.63, 3.8) is 0 Å². The predicted octanol–water partition coefficient (Wildman–Crippen LogP) is 5.94. The Hall–Kier alpha value is -3.20. The van der Waals surface area contributed by atoms with Crippen LogP contribution >= 0.6 is 0 Å². The molecule has 0 unspecified atom stereocenters. The van der Waals surface area contributed by atoms with E-state index >= 15 is 0 Å². The van der Waals surface area contributed by atoms with Gasteiger partial charge in [-0.25, -0.2) is 0 Å². The van der Waals surface area contributed by atoms with Gasteiger partial charge in [0.25, 0.3) is 0 Å². The third kappa shape index (κ3) is 3.36. The summed E-state index contributed by atoms with van der Waals surface area (Å²) in [6.07, 6.45) is 4.74. The maximum absolute atomic E-state index is 13.1. The van der Waals surface area contributed by atoms with Crippen LogP contribution in [0.2, 0.25) is 0 Å². The monoisotopic (exact) mass is 369 g/mol. The van der Waals surface area contributed by atoms with E-state index < -0.39 is 0 Å². The number of hydrogen-bond donors (Lipinski definition) is 1. The van der Waals surface area contributed by atoms with Gasteiger partial charge >= 0.3 is 0 Å². The lowest BCUT2D eigenvalue weighted by molar-refractivity contribution is 0.0979. The Labute approximate surface area is 165 Å². The summed E-state index contributed by atoms with van der Waals surface area (Å²) in [5, 5.41) is 3.34. The number of rotatable bonds is 6. The summed E-state index contributed by atoms with van der Waals surface area (Å²) in [5.74, 6) is -0.204. The number of nitrogens with one attached hydrogen (secondary N) is 1. The number of carbonyl (C=O) groups is 2. The topological polar surface area (TPSA) is 46.2 Å². The zero-order chi connectivity index (χ0) is 19.5. The first-order chi connectivity index (χ1) is 13.7. The van der Waals surface area contributed by atoms with Crippen LogP contribution in [0, 0.1) is 0 Å². The van der Waals surface area contributed by atoms with Crippen LogP contribution in [0.25, 0.3) is 0 Å². The second-order valence-corrected chi connectivity index (χ2v) is 7.21. The minimum Gasteiger partial charge on any atom is -0.355 e. The van der Waals surface area contributed by atoms with Crippen LogP contribution in [0.1, 0.15) is 63.6 Å². The second-order valence-electron chi connectivity index (χ2n) is 7.21. The van der Waals surface area contributed by atoms with Crippen LogP contribution in [0.5, 0.6) is 0 Å². The lowest BCUT2D eigenvalue weighted by Crippen LogP contribution is -2.22. The van der Waals surface area contributed by atoms with Gasteiger partial charge in [-0.15, -0.1) is 0 Å². The van der Waals surface area contributed by atoms with E-state index in [0.717, 1.165) is 12.1 Å². The molecule has 140 valence electrons. The molecule has 4 rings (SSSR count). The lowest BCUT2D eigenvalue weighted by Gasteiger charge is -2.20. The largest absolute Gasteiger partial charge is 0.355 e. The molecule has 0 atom stereocenters. The molecule has 28 heavy (non-hydrogen) atoms. The summed E-state index contributed by atoms with van der Waals surface area (Å²) in [5.41, 5.74) is 4.77. The third-order valence-corrected chi connectivity index (χ3v) is 5.25. The maximum Gasteiger partial charge on any atom is 0.196 e. The van der Waals surface area contributed by atoms with Crippen LogP contribution in [0.15, 0.2) is 66.7 Å². The first-order valence-electron chi connectivity index (χ1n) is 9.86. The number of ketones is 2. The second kappa shape index (κ2) is 7.81. The molecule has 0 aliphatic heterocycles. The van der Waals surface area contributed by atoms with Gasteiger partial charge < -0.3 is 5.32 Å². The van der Waals surface area contributed by atoms with E-state index in [1.807, 2.05) is 24.3 Å². The normalized spacial score (nSPS) is 12.5. The number of carbonyl (C=O) groups excluding carboxylic acids is 2. The average Bonchev–Trinajstić information content (AvgIpc) is 2.73. The van der Waals surface area contributed by atoms with Crippen LogP contribution in [0.3, 0.4) is 0 Å². The number of aryl methyl sites for hydroxylation is 1. The van der Waals surface area contributed by atoms with Crippen molar-refractivity contribution in [3.8, 4) is 0 Å². The first-order valence-corrected chi connectivity index (χ1v) is 9.86. The molecule has 0 aromatic heterocycles. The molecule has 0 amide bonds. The van der Waals surface area contributed by atoms with E-state index in [1.54, 1.807) is 30.3 Å². The van der Waals surface area contributed by atoms with Gasteiger partial charge in [-0.1, -0.05) is 68.3 Å². The number of unbranched alkanes of at least 4 members (excludes halogenated alkanes) is 2. The number of anilines is 2. The van der Waals surface area contributed by atoms with E-state index in [0.29, 0.717) is 27.9 Å². The zero-order valence-corrected chi connectivity index (χ0v) is 16.0. The highest BCUT2D eigenvalue weighted by Crippen LogP contribution is 2.33. The molecule has 0 saturated heterocycles. The molecule has 0 fully saturated rings. The average molecular weight is 369 g/mol. The highest BCUT2D eigenvalue weighted by atomic mass is 16.1. The molecule has 0 heterocycles. The standard InChI is InChI=1S/C25H23NO2/c1-2-3-4-8-17-13-15-18(16-14-17)26-22-12-7-11-21-23(22)25(28)20-10-6-5-9-19(20)24(21)27/h5-7,9-16,26H,2-4,8H2,1H3. The highest BCUT2D eigenvalue weighted by Gasteiger charge is 2.31. The molecule has 1 N–H and O–H groups in total. The van der Waals surface area contributed by atoms with E-state index in [4.69, 9.17) is 0 Å². The molecule has 0 spiro atoms. The Kier molecular flexibility index (Phi) is 5.07. The number of hydrogen-bond acceptors (Lipinski definition) is 3. The van der Waals surface area contributed by atoms with Crippen molar-refractivity contribution in [2.45, 2.75) is 32.6 Å². The molecule has 1 aliphatic rings. The highest BCUT2D eigenvalue weighted by molar-refractivity contribution is 6.30. The molecule has 3 aromatic carbocycles. The predicted molar refractivity (Wildman–Crippen MR) is 113 cm³/mol. The smallest absolute Gasteiger partial charge is 0.196 e. The lowest BCUT2D eigenvalue weighted by atomic mass is 9.83. The van der Waals surface area contributed by atoms with E-state index in [-0.39, 0.29) is 11.6 Å². The summed E-state index contributed by atoms with van der Waals surface area (Å²) in [4.78, 5) is 25.9. The minimum atomic E-state index is -0.107. The quantitative estimate of drug-likeness (QED) is 0.428. The third-order valence-electron chi connectivity index (χ3n) is 5.25. The number of benzene rings is 3. The van der Waals surface area contributed by atoms with Gasteiger partial charge in [-0.3, -0.25) is 9.59 Å². The summed E-state index contributed by atoms with van der Waals surface area (Å²) in [6.45, 7) is 2.21. The zero-order valence-electron chi connectivity index (χ0n) is 16.0. The van der Waals surface area contributed by atoms with Gasteiger partial charge in [0, 0.05) is 22.4 Å². The van der Waals surface area contributed by atoms with Crippen molar-refractivity contribution in [1.82, 2.24) is 0 Å². The van der Waals surface area contributed by atoms with Gasteiger partial charge in [0.05, 0.1) is 11.3 Å². The molecule has 3 aromatic rings. The van der Waals surface area contributed by atoms with E-state index in [1.165, 1.54) is 24.8 Å². The molecule has 0 saturated carbocycles. The van der Waals surface area contributed by atoms with Gasteiger partial charge in [-0.2, -0.15) is 0 Å². The van der Waals surface area contributed by atoms with Crippen LogP contribution in [0.4, 0.5) is 11.4 Å². The van der Waals surface area contributed by atoms with Crippen molar-refractivity contribution in [1.29, 1.82) is 0 Å². The Morgan fingerprint density at radius 2 is 1.39 bits per heavy atom. The molecule has 0 bridgehead atoms. The van der Waals surface area contributed by atoms with Crippen molar-refractivity contribution < 1.29 is 9.59 Å². The molecule has 1 aliphatic carbocycles. The van der Waals surface area contributed by atoms with Gasteiger partial charge in [0.2, 0.25) is 0 Å². The summed E-state index contributed by atoms with van der Waals surface area (Å²) in [6, 6.07) is 20.7. The fourth-order valence-corrected chi connectivity index (χ4v) is 3.74. The summed E-state index contributed by atoms with van der Waals surface area (Å²) >= 11 is 0. The molecule has 0 radical (unpaired) electrons. The minimum absolute atomic E-state index is 0.0971. The molecule has 3 heteroatoms. The Morgan fingerprint density at radius 1 is 0.714 bits per heavy atom. The van der Waals surface area contributed by atoms with Gasteiger partial charge in [-0.05, 0) is 36.6 Å². The maximum atomic E-state index is 13.1. The van der Waals surface area contributed by atoms with E-state index in [2.05, 4.69) is 24.4 Å². The first kappa shape index (κ1) is 18.2. The summed E-state index contributed by atoms with van der Waals surface area (Å²) in [7, 11) is 0. The SMILES string of the molecule is CCCCCc1ccc(Nc2cccc3c2C(=O)c2ccccc2C3=O)cc1. The van der Waals surface area contributed by atoms with Crippen molar-refractivity contribution in [2.24, 2.45) is 0 Å². The van der Waals surface area contributed by atoms with Crippen molar-refractivity contribution in [2.75, 3.05) is 5.32 Å². The number of fused-ring (bicyclic) bond motifs is 2. The molecule has 3 nitrogen and oxygen atoms in total. The summed E-state index contributed by atoms with van der Waals surface area (Å²) < 4.78 is 0. The van der Waals surface area contributed by atoms with Crippen LogP contribution < -0.4 is 5.32 Å². The fourth-order valence-electron chi connectivity index (χ4n) is 3.74.